The summed E-state index contributed by atoms with van der Waals surface area (Å²) in [5.74, 6) is 0.616. The number of piperidine rings is 2. The van der Waals surface area contributed by atoms with Gasteiger partial charge in [0.2, 0.25) is 0 Å². The summed E-state index contributed by atoms with van der Waals surface area (Å²) in [6.07, 6.45) is 5.50. The zero-order valence-corrected chi connectivity index (χ0v) is 10.8. The van der Waals surface area contributed by atoms with Gasteiger partial charge in [-0.1, -0.05) is 6.92 Å². The summed E-state index contributed by atoms with van der Waals surface area (Å²) in [6, 6.07) is 0.198. The van der Waals surface area contributed by atoms with Gasteiger partial charge in [0.05, 0.1) is 12.6 Å². The fourth-order valence-electron chi connectivity index (χ4n) is 2.99. The summed E-state index contributed by atoms with van der Waals surface area (Å²) in [6.45, 7) is 4.90. The van der Waals surface area contributed by atoms with Crippen molar-refractivity contribution in [2.45, 2.75) is 45.1 Å². The van der Waals surface area contributed by atoms with Crippen LogP contribution in [0.2, 0.25) is 0 Å². The monoisotopic (exact) mass is 240 g/mol. The van der Waals surface area contributed by atoms with Crippen LogP contribution >= 0.6 is 0 Å². The van der Waals surface area contributed by atoms with Crippen molar-refractivity contribution in [3.63, 3.8) is 0 Å². The lowest BCUT2D eigenvalue weighted by Crippen LogP contribution is -2.53. The van der Waals surface area contributed by atoms with Gasteiger partial charge in [-0.05, 0) is 38.0 Å². The average Bonchev–Trinajstić information content (AvgIpc) is 2.38. The molecular formula is C13H24N2O2. The average molecular weight is 240 g/mol. The molecule has 0 aromatic carbocycles. The summed E-state index contributed by atoms with van der Waals surface area (Å²) < 4.78 is 0. The van der Waals surface area contributed by atoms with E-state index < -0.39 is 0 Å². The van der Waals surface area contributed by atoms with Crippen LogP contribution in [0.25, 0.3) is 0 Å². The fraction of sp³-hybridized carbons (Fsp3) is 0.923. The highest BCUT2D eigenvalue weighted by atomic mass is 16.3. The van der Waals surface area contributed by atoms with Crippen LogP contribution in [0.5, 0.6) is 0 Å². The molecule has 2 rings (SSSR count). The number of likely N-dealkylation sites (tertiary alicyclic amines) is 2. The number of aliphatic hydroxyl groups is 1. The zero-order chi connectivity index (χ0) is 12.3. The van der Waals surface area contributed by atoms with E-state index in [1.807, 2.05) is 9.80 Å². The molecule has 4 heteroatoms. The number of aliphatic hydroxyl groups excluding tert-OH is 1. The van der Waals surface area contributed by atoms with E-state index in [-0.39, 0.29) is 18.7 Å². The molecule has 0 radical (unpaired) electrons. The van der Waals surface area contributed by atoms with E-state index in [1.54, 1.807) is 0 Å². The number of carbonyl (C=O) groups is 1. The molecule has 17 heavy (non-hydrogen) atoms. The fourth-order valence-corrected chi connectivity index (χ4v) is 2.99. The van der Waals surface area contributed by atoms with Gasteiger partial charge in [-0.25, -0.2) is 4.79 Å². The Hall–Kier alpha value is -0.770. The van der Waals surface area contributed by atoms with E-state index in [4.69, 9.17) is 0 Å². The van der Waals surface area contributed by atoms with E-state index in [0.717, 1.165) is 45.3 Å². The first kappa shape index (κ1) is 12.7. The number of rotatable bonds is 1. The van der Waals surface area contributed by atoms with Crippen LogP contribution in [0, 0.1) is 5.92 Å². The molecule has 2 amide bonds. The van der Waals surface area contributed by atoms with Gasteiger partial charge in [0.1, 0.15) is 0 Å². The molecule has 2 atom stereocenters. The Morgan fingerprint density at radius 1 is 1.24 bits per heavy atom. The van der Waals surface area contributed by atoms with Gasteiger partial charge in [0.25, 0.3) is 0 Å². The summed E-state index contributed by atoms with van der Waals surface area (Å²) in [5.41, 5.74) is 0. The molecule has 0 bridgehead atoms. The molecular weight excluding hydrogens is 216 g/mol. The van der Waals surface area contributed by atoms with Crippen molar-refractivity contribution in [1.29, 1.82) is 0 Å². The van der Waals surface area contributed by atoms with Crippen molar-refractivity contribution >= 4 is 6.03 Å². The summed E-state index contributed by atoms with van der Waals surface area (Å²) in [4.78, 5) is 16.3. The Balaban J connectivity index is 1.97. The normalized spacial score (nSPS) is 30.5. The number of nitrogens with zero attached hydrogens (tertiary/aromatic N) is 2. The maximum absolute atomic E-state index is 12.4. The molecule has 1 N–H and O–H groups in total. The second-order valence-electron chi connectivity index (χ2n) is 5.50. The molecule has 0 spiro atoms. The molecule has 4 nitrogen and oxygen atoms in total. The standard InChI is InChI=1S/C13H24N2O2/c1-11-5-4-7-14(9-11)13(17)15-8-3-2-6-12(15)10-16/h11-12,16H,2-10H2,1H3. The maximum Gasteiger partial charge on any atom is 0.320 e. The highest BCUT2D eigenvalue weighted by Gasteiger charge is 2.31. The molecule has 0 saturated carbocycles. The van der Waals surface area contributed by atoms with Crippen molar-refractivity contribution in [3.8, 4) is 0 Å². The summed E-state index contributed by atoms with van der Waals surface area (Å²) >= 11 is 0. The Morgan fingerprint density at radius 2 is 2.06 bits per heavy atom. The third-order valence-corrected chi connectivity index (χ3v) is 4.01. The van der Waals surface area contributed by atoms with Gasteiger partial charge in [0, 0.05) is 19.6 Å². The molecule has 98 valence electrons. The first-order chi connectivity index (χ1) is 8.22. The minimum Gasteiger partial charge on any atom is -0.394 e. The Labute approximate surface area is 104 Å². The summed E-state index contributed by atoms with van der Waals surface area (Å²) in [5, 5.41) is 9.35. The van der Waals surface area contributed by atoms with E-state index in [9.17, 15) is 9.90 Å². The van der Waals surface area contributed by atoms with E-state index in [0.29, 0.717) is 5.92 Å². The molecule has 2 heterocycles. The van der Waals surface area contributed by atoms with Crippen molar-refractivity contribution in [2.75, 3.05) is 26.2 Å². The lowest BCUT2D eigenvalue weighted by Gasteiger charge is -2.40. The lowest BCUT2D eigenvalue weighted by molar-refractivity contribution is 0.0758. The van der Waals surface area contributed by atoms with Gasteiger partial charge in [-0.2, -0.15) is 0 Å². The predicted molar refractivity (Wildman–Crippen MR) is 66.8 cm³/mol. The smallest absolute Gasteiger partial charge is 0.320 e. The van der Waals surface area contributed by atoms with E-state index in [2.05, 4.69) is 6.92 Å². The van der Waals surface area contributed by atoms with Crippen LogP contribution in [-0.2, 0) is 0 Å². The van der Waals surface area contributed by atoms with Crippen LogP contribution < -0.4 is 0 Å². The molecule has 0 aliphatic carbocycles. The molecule has 2 aliphatic rings. The molecule has 2 aliphatic heterocycles. The van der Waals surface area contributed by atoms with E-state index in [1.165, 1.54) is 6.42 Å². The van der Waals surface area contributed by atoms with Gasteiger partial charge in [0.15, 0.2) is 0 Å². The number of hydrogen-bond acceptors (Lipinski definition) is 2. The number of carbonyl (C=O) groups excluding carboxylic acids is 1. The second kappa shape index (κ2) is 5.71. The van der Waals surface area contributed by atoms with Crippen molar-refractivity contribution in [1.82, 2.24) is 9.80 Å². The Bertz CT molecular complexity index is 270. The van der Waals surface area contributed by atoms with Gasteiger partial charge in [-0.3, -0.25) is 0 Å². The first-order valence-corrected chi connectivity index (χ1v) is 6.88. The molecule has 0 aromatic rings. The Kier molecular flexibility index (Phi) is 4.26. The topological polar surface area (TPSA) is 43.8 Å². The minimum absolute atomic E-state index is 0.0495. The third-order valence-electron chi connectivity index (χ3n) is 4.01. The van der Waals surface area contributed by atoms with Gasteiger partial charge >= 0.3 is 6.03 Å². The van der Waals surface area contributed by atoms with Crippen LogP contribution in [0.4, 0.5) is 4.79 Å². The van der Waals surface area contributed by atoms with Crippen molar-refractivity contribution < 1.29 is 9.90 Å². The van der Waals surface area contributed by atoms with Crippen molar-refractivity contribution in [2.24, 2.45) is 5.92 Å². The van der Waals surface area contributed by atoms with Gasteiger partial charge < -0.3 is 14.9 Å². The van der Waals surface area contributed by atoms with Gasteiger partial charge in [-0.15, -0.1) is 0 Å². The van der Waals surface area contributed by atoms with Crippen molar-refractivity contribution in [3.05, 3.63) is 0 Å². The molecule has 2 unspecified atom stereocenters. The minimum atomic E-state index is 0.0495. The highest BCUT2D eigenvalue weighted by molar-refractivity contribution is 5.75. The molecule has 0 aromatic heterocycles. The van der Waals surface area contributed by atoms with Crippen LogP contribution in [0.15, 0.2) is 0 Å². The number of hydrogen-bond donors (Lipinski definition) is 1. The molecule has 2 saturated heterocycles. The maximum atomic E-state index is 12.4. The van der Waals surface area contributed by atoms with Crippen LogP contribution in [-0.4, -0.2) is 53.2 Å². The first-order valence-electron chi connectivity index (χ1n) is 6.88. The van der Waals surface area contributed by atoms with E-state index >= 15 is 0 Å². The highest BCUT2D eigenvalue weighted by Crippen LogP contribution is 2.22. The molecule has 2 fully saturated rings. The quantitative estimate of drug-likeness (QED) is 0.758. The predicted octanol–water partition coefficient (Wildman–Crippen LogP) is 1.69. The largest absolute Gasteiger partial charge is 0.394 e. The van der Waals surface area contributed by atoms with Crippen LogP contribution in [0.1, 0.15) is 39.0 Å². The Morgan fingerprint density at radius 3 is 2.76 bits per heavy atom. The third kappa shape index (κ3) is 2.92. The number of urea groups is 1. The van der Waals surface area contributed by atoms with Crippen LogP contribution in [0.3, 0.4) is 0 Å². The SMILES string of the molecule is CC1CCCN(C(=O)N2CCCCC2CO)C1. The lowest BCUT2D eigenvalue weighted by atomic mass is 10.00. The second-order valence-corrected chi connectivity index (χ2v) is 5.50. The zero-order valence-electron chi connectivity index (χ0n) is 10.8. The number of amides is 2. The summed E-state index contributed by atoms with van der Waals surface area (Å²) in [7, 11) is 0.